The standard InChI is InChI=1S/C17H28N2/c1-16(2,4-3-5-18)12-19-17-9-13-6-14(10-17)8-15(7-13)11-17/h13-15,19H,3-4,6-12H2,1-2H3. The molecule has 106 valence electrons. The zero-order valence-electron chi connectivity index (χ0n) is 12.5. The Bertz CT molecular complexity index is 342. The lowest BCUT2D eigenvalue weighted by atomic mass is 9.53. The first kappa shape index (κ1) is 13.4. The molecule has 0 saturated heterocycles. The topological polar surface area (TPSA) is 35.8 Å². The van der Waals surface area contributed by atoms with Crippen molar-refractivity contribution in [2.45, 2.75) is 70.8 Å². The van der Waals surface area contributed by atoms with Crippen molar-refractivity contribution in [3.05, 3.63) is 0 Å². The van der Waals surface area contributed by atoms with Crippen LogP contribution in [0.3, 0.4) is 0 Å². The monoisotopic (exact) mass is 260 g/mol. The van der Waals surface area contributed by atoms with E-state index < -0.39 is 0 Å². The fraction of sp³-hybridized carbons (Fsp3) is 0.941. The average molecular weight is 260 g/mol. The van der Waals surface area contributed by atoms with Gasteiger partial charge in [0.15, 0.2) is 0 Å². The summed E-state index contributed by atoms with van der Waals surface area (Å²) in [5.41, 5.74) is 0.734. The maximum atomic E-state index is 8.76. The zero-order chi connectivity index (χ0) is 13.5. The molecular formula is C17H28N2. The molecule has 2 heteroatoms. The Morgan fingerprint density at radius 2 is 1.63 bits per heavy atom. The molecule has 0 spiro atoms. The second-order valence-corrected chi connectivity index (χ2v) is 8.37. The number of hydrogen-bond acceptors (Lipinski definition) is 2. The summed E-state index contributed by atoms with van der Waals surface area (Å²) in [6.45, 7) is 5.69. The van der Waals surface area contributed by atoms with E-state index in [2.05, 4.69) is 25.2 Å². The molecule has 4 aliphatic rings. The molecule has 0 atom stereocenters. The first-order valence-corrected chi connectivity index (χ1v) is 8.12. The van der Waals surface area contributed by atoms with E-state index in [1.807, 2.05) is 0 Å². The number of nitriles is 1. The summed E-state index contributed by atoms with van der Waals surface area (Å²) >= 11 is 0. The molecule has 4 fully saturated rings. The molecule has 0 unspecified atom stereocenters. The van der Waals surface area contributed by atoms with Crippen LogP contribution in [0.15, 0.2) is 0 Å². The molecule has 0 radical (unpaired) electrons. The van der Waals surface area contributed by atoms with E-state index in [9.17, 15) is 0 Å². The minimum atomic E-state index is 0.263. The van der Waals surface area contributed by atoms with Gasteiger partial charge >= 0.3 is 0 Å². The summed E-state index contributed by atoms with van der Waals surface area (Å²) in [5, 5.41) is 12.7. The van der Waals surface area contributed by atoms with Crippen LogP contribution >= 0.6 is 0 Å². The van der Waals surface area contributed by atoms with Crippen molar-refractivity contribution < 1.29 is 0 Å². The minimum absolute atomic E-state index is 0.263. The van der Waals surface area contributed by atoms with E-state index in [0.29, 0.717) is 12.0 Å². The van der Waals surface area contributed by atoms with Gasteiger partial charge in [-0.25, -0.2) is 0 Å². The highest BCUT2D eigenvalue weighted by Crippen LogP contribution is 2.55. The Labute approximate surface area is 118 Å². The molecule has 4 bridgehead atoms. The molecule has 1 N–H and O–H groups in total. The zero-order valence-corrected chi connectivity index (χ0v) is 12.5. The fourth-order valence-electron chi connectivity index (χ4n) is 5.24. The van der Waals surface area contributed by atoms with Crippen LogP contribution in [-0.2, 0) is 0 Å². The van der Waals surface area contributed by atoms with Gasteiger partial charge in [0.05, 0.1) is 6.07 Å². The Kier molecular flexibility index (Phi) is 3.38. The molecule has 0 aromatic heterocycles. The number of nitrogens with one attached hydrogen (secondary N) is 1. The average Bonchev–Trinajstić information content (AvgIpc) is 2.33. The van der Waals surface area contributed by atoms with Crippen molar-refractivity contribution in [2.24, 2.45) is 23.2 Å². The SMILES string of the molecule is CC(C)(CCC#N)CNC12CC3CC(CC(C3)C1)C2. The first-order chi connectivity index (χ1) is 9.00. The molecule has 4 rings (SSSR count). The summed E-state index contributed by atoms with van der Waals surface area (Å²) in [6.07, 6.45) is 10.5. The maximum Gasteiger partial charge on any atom is 0.0621 e. The third-order valence-electron chi connectivity index (χ3n) is 5.89. The molecular weight excluding hydrogens is 232 g/mol. The highest BCUT2D eigenvalue weighted by atomic mass is 15.0. The molecule has 4 saturated carbocycles. The van der Waals surface area contributed by atoms with Gasteiger partial charge in [-0.2, -0.15) is 5.26 Å². The minimum Gasteiger partial charge on any atom is -0.311 e. The molecule has 19 heavy (non-hydrogen) atoms. The predicted octanol–water partition coefficient (Wildman–Crippen LogP) is 3.87. The lowest BCUT2D eigenvalue weighted by Crippen LogP contribution is -2.59. The Morgan fingerprint density at radius 1 is 1.11 bits per heavy atom. The fourth-order valence-corrected chi connectivity index (χ4v) is 5.24. The molecule has 0 aliphatic heterocycles. The van der Waals surface area contributed by atoms with Crippen LogP contribution in [-0.4, -0.2) is 12.1 Å². The van der Waals surface area contributed by atoms with Crippen molar-refractivity contribution in [3.8, 4) is 6.07 Å². The van der Waals surface area contributed by atoms with E-state index in [4.69, 9.17) is 5.26 Å². The quantitative estimate of drug-likeness (QED) is 0.814. The predicted molar refractivity (Wildman–Crippen MR) is 77.5 cm³/mol. The van der Waals surface area contributed by atoms with Crippen molar-refractivity contribution in [1.82, 2.24) is 5.32 Å². The van der Waals surface area contributed by atoms with Crippen LogP contribution in [0.4, 0.5) is 0 Å². The lowest BCUT2D eigenvalue weighted by Gasteiger charge is -2.57. The number of hydrogen-bond donors (Lipinski definition) is 1. The maximum absolute atomic E-state index is 8.76. The third-order valence-corrected chi connectivity index (χ3v) is 5.89. The lowest BCUT2D eigenvalue weighted by molar-refractivity contribution is -0.0238. The van der Waals surface area contributed by atoms with Crippen LogP contribution in [0.1, 0.15) is 65.2 Å². The molecule has 2 nitrogen and oxygen atoms in total. The second-order valence-electron chi connectivity index (χ2n) is 8.37. The summed E-state index contributed by atoms with van der Waals surface area (Å²) in [7, 11) is 0. The summed E-state index contributed by atoms with van der Waals surface area (Å²) in [5.74, 6) is 3.04. The molecule has 0 heterocycles. The summed E-state index contributed by atoms with van der Waals surface area (Å²) in [4.78, 5) is 0. The van der Waals surface area contributed by atoms with Gasteiger partial charge in [-0.1, -0.05) is 13.8 Å². The van der Waals surface area contributed by atoms with Crippen molar-refractivity contribution >= 4 is 0 Å². The van der Waals surface area contributed by atoms with Crippen LogP contribution in [0, 0.1) is 34.5 Å². The van der Waals surface area contributed by atoms with Gasteiger partial charge < -0.3 is 5.32 Å². The Hall–Kier alpha value is -0.550. The van der Waals surface area contributed by atoms with Gasteiger partial charge in [-0.05, 0) is 68.1 Å². The highest BCUT2D eigenvalue weighted by Gasteiger charge is 2.50. The normalized spacial score (nSPS) is 40.4. The number of rotatable bonds is 5. The van der Waals surface area contributed by atoms with Gasteiger partial charge in [0.25, 0.3) is 0 Å². The Balaban J connectivity index is 1.59. The van der Waals surface area contributed by atoms with Crippen LogP contribution in [0.5, 0.6) is 0 Å². The van der Waals surface area contributed by atoms with E-state index in [1.54, 1.807) is 0 Å². The van der Waals surface area contributed by atoms with Gasteiger partial charge in [-0.15, -0.1) is 0 Å². The summed E-state index contributed by atoms with van der Waals surface area (Å²) in [6, 6.07) is 2.29. The van der Waals surface area contributed by atoms with Gasteiger partial charge in [0.2, 0.25) is 0 Å². The van der Waals surface area contributed by atoms with Gasteiger partial charge in [-0.3, -0.25) is 0 Å². The van der Waals surface area contributed by atoms with Crippen molar-refractivity contribution in [2.75, 3.05) is 6.54 Å². The van der Waals surface area contributed by atoms with E-state index >= 15 is 0 Å². The van der Waals surface area contributed by atoms with E-state index in [-0.39, 0.29) is 5.41 Å². The molecule has 0 aromatic rings. The smallest absolute Gasteiger partial charge is 0.0621 e. The van der Waals surface area contributed by atoms with Crippen molar-refractivity contribution in [3.63, 3.8) is 0 Å². The third kappa shape index (κ3) is 2.82. The first-order valence-electron chi connectivity index (χ1n) is 8.12. The number of nitrogens with zero attached hydrogens (tertiary/aromatic N) is 1. The van der Waals surface area contributed by atoms with E-state index in [0.717, 1.165) is 30.7 Å². The second kappa shape index (κ2) is 4.77. The molecule has 0 aromatic carbocycles. The molecule has 0 amide bonds. The van der Waals surface area contributed by atoms with Crippen LogP contribution in [0.25, 0.3) is 0 Å². The van der Waals surface area contributed by atoms with Gasteiger partial charge in [0.1, 0.15) is 0 Å². The van der Waals surface area contributed by atoms with Crippen LogP contribution in [0.2, 0.25) is 0 Å². The summed E-state index contributed by atoms with van der Waals surface area (Å²) < 4.78 is 0. The Morgan fingerprint density at radius 3 is 2.11 bits per heavy atom. The highest BCUT2D eigenvalue weighted by molar-refractivity contribution is 5.06. The van der Waals surface area contributed by atoms with E-state index in [1.165, 1.54) is 38.5 Å². The van der Waals surface area contributed by atoms with Crippen molar-refractivity contribution in [1.29, 1.82) is 5.26 Å². The van der Waals surface area contributed by atoms with Crippen LogP contribution < -0.4 is 5.32 Å². The van der Waals surface area contributed by atoms with Gasteiger partial charge in [0, 0.05) is 18.5 Å². The largest absolute Gasteiger partial charge is 0.311 e. The molecule has 4 aliphatic carbocycles.